The Labute approximate surface area is 164 Å². The highest BCUT2D eigenvalue weighted by atomic mass is 16.5. The molecule has 3 rings (SSSR count). The molecule has 0 aliphatic carbocycles. The Hall–Kier alpha value is -3.54. The molecule has 6 nitrogen and oxygen atoms in total. The molecule has 0 aliphatic rings. The SMILES string of the molecule is COc1ccc(CCNc2cc(C(=O)Nc3ccc(OC)cc3)ccn2)cc1. The van der Waals surface area contributed by atoms with Crippen molar-refractivity contribution in [3.63, 3.8) is 0 Å². The molecule has 0 unspecified atom stereocenters. The van der Waals surface area contributed by atoms with E-state index < -0.39 is 0 Å². The zero-order valence-corrected chi connectivity index (χ0v) is 15.9. The third-order valence-electron chi connectivity index (χ3n) is 4.25. The number of carbonyl (C=O) groups is 1. The van der Waals surface area contributed by atoms with Gasteiger partial charge in [0.25, 0.3) is 5.91 Å². The monoisotopic (exact) mass is 377 g/mol. The van der Waals surface area contributed by atoms with Gasteiger partial charge in [0.2, 0.25) is 0 Å². The van der Waals surface area contributed by atoms with Crippen LogP contribution in [0.25, 0.3) is 0 Å². The second-order valence-electron chi connectivity index (χ2n) is 6.14. The number of hydrogen-bond acceptors (Lipinski definition) is 5. The van der Waals surface area contributed by atoms with E-state index in [4.69, 9.17) is 9.47 Å². The lowest BCUT2D eigenvalue weighted by atomic mass is 10.1. The molecule has 0 radical (unpaired) electrons. The van der Waals surface area contributed by atoms with Gasteiger partial charge in [-0.15, -0.1) is 0 Å². The summed E-state index contributed by atoms with van der Waals surface area (Å²) in [4.78, 5) is 16.7. The zero-order valence-electron chi connectivity index (χ0n) is 15.9. The lowest BCUT2D eigenvalue weighted by molar-refractivity contribution is 0.102. The minimum atomic E-state index is -0.189. The van der Waals surface area contributed by atoms with Gasteiger partial charge in [0, 0.05) is 24.0 Å². The number of anilines is 2. The van der Waals surface area contributed by atoms with Gasteiger partial charge in [-0.2, -0.15) is 0 Å². The molecule has 1 amide bonds. The van der Waals surface area contributed by atoms with Crippen LogP contribution in [0.4, 0.5) is 11.5 Å². The lowest BCUT2D eigenvalue weighted by Gasteiger charge is -2.09. The molecule has 1 heterocycles. The highest BCUT2D eigenvalue weighted by Gasteiger charge is 2.08. The zero-order chi connectivity index (χ0) is 19.8. The number of nitrogens with zero attached hydrogens (tertiary/aromatic N) is 1. The van der Waals surface area contributed by atoms with E-state index >= 15 is 0 Å². The van der Waals surface area contributed by atoms with Gasteiger partial charge in [-0.3, -0.25) is 4.79 Å². The minimum absolute atomic E-state index is 0.189. The highest BCUT2D eigenvalue weighted by molar-refractivity contribution is 6.04. The first-order chi connectivity index (χ1) is 13.7. The third-order valence-corrected chi connectivity index (χ3v) is 4.25. The van der Waals surface area contributed by atoms with E-state index in [1.54, 1.807) is 56.8 Å². The van der Waals surface area contributed by atoms with E-state index in [0.717, 1.165) is 17.9 Å². The summed E-state index contributed by atoms with van der Waals surface area (Å²) < 4.78 is 10.3. The van der Waals surface area contributed by atoms with Crippen LogP contribution in [0.1, 0.15) is 15.9 Å². The lowest BCUT2D eigenvalue weighted by Crippen LogP contribution is -2.13. The molecule has 3 aromatic rings. The second-order valence-corrected chi connectivity index (χ2v) is 6.14. The number of hydrogen-bond donors (Lipinski definition) is 2. The number of pyridine rings is 1. The third kappa shape index (κ3) is 5.23. The first-order valence-corrected chi connectivity index (χ1v) is 8.96. The summed E-state index contributed by atoms with van der Waals surface area (Å²) in [6.45, 7) is 0.711. The predicted molar refractivity (Wildman–Crippen MR) is 110 cm³/mol. The standard InChI is InChI=1S/C22H23N3O3/c1-27-19-7-3-16(4-8-19)11-13-23-21-15-17(12-14-24-21)22(26)25-18-5-9-20(28-2)10-6-18/h3-10,12,14-15H,11,13H2,1-2H3,(H,23,24)(H,25,26). The summed E-state index contributed by atoms with van der Waals surface area (Å²) in [5, 5.41) is 6.12. The minimum Gasteiger partial charge on any atom is -0.497 e. The molecule has 2 aromatic carbocycles. The summed E-state index contributed by atoms with van der Waals surface area (Å²) in [5.74, 6) is 2.06. The average molecular weight is 377 g/mol. The molecule has 28 heavy (non-hydrogen) atoms. The average Bonchev–Trinajstić information content (AvgIpc) is 2.75. The summed E-state index contributed by atoms with van der Waals surface area (Å²) in [5.41, 5.74) is 2.44. The van der Waals surface area contributed by atoms with Gasteiger partial charge in [-0.25, -0.2) is 4.98 Å². The first-order valence-electron chi connectivity index (χ1n) is 8.96. The molecule has 6 heteroatoms. The largest absolute Gasteiger partial charge is 0.497 e. The van der Waals surface area contributed by atoms with Crippen LogP contribution in [-0.2, 0) is 6.42 Å². The molecule has 1 aromatic heterocycles. The van der Waals surface area contributed by atoms with E-state index in [2.05, 4.69) is 15.6 Å². The van der Waals surface area contributed by atoms with Crippen molar-refractivity contribution in [3.8, 4) is 11.5 Å². The van der Waals surface area contributed by atoms with Crippen LogP contribution in [0, 0.1) is 0 Å². The Kier molecular flexibility index (Phi) is 6.46. The maximum Gasteiger partial charge on any atom is 0.255 e. The van der Waals surface area contributed by atoms with Gasteiger partial charge in [-0.05, 0) is 60.5 Å². The number of methoxy groups -OCH3 is 2. The van der Waals surface area contributed by atoms with Crippen molar-refractivity contribution in [3.05, 3.63) is 78.0 Å². The fourth-order valence-electron chi connectivity index (χ4n) is 2.67. The highest BCUT2D eigenvalue weighted by Crippen LogP contribution is 2.17. The van der Waals surface area contributed by atoms with Crippen molar-refractivity contribution < 1.29 is 14.3 Å². The molecular formula is C22H23N3O3. The number of nitrogens with one attached hydrogen (secondary N) is 2. The molecule has 2 N–H and O–H groups in total. The Morgan fingerprint density at radius 1 is 0.929 bits per heavy atom. The Balaban J connectivity index is 1.55. The van der Waals surface area contributed by atoms with Crippen molar-refractivity contribution in [2.75, 3.05) is 31.4 Å². The van der Waals surface area contributed by atoms with E-state index in [9.17, 15) is 4.79 Å². The summed E-state index contributed by atoms with van der Waals surface area (Å²) in [7, 11) is 3.26. The summed E-state index contributed by atoms with van der Waals surface area (Å²) in [6, 6.07) is 18.6. The van der Waals surface area contributed by atoms with E-state index in [-0.39, 0.29) is 5.91 Å². The quantitative estimate of drug-likeness (QED) is 0.621. The van der Waals surface area contributed by atoms with Gasteiger partial charge in [0.1, 0.15) is 17.3 Å². The number of benzene rings is 2. The number of amides is 1. The molecule has 0 bridgehead atoms. The molecule has 0 saturated heterocycles. The number of aromatic nitrogens is 1. The van der Waals surface area contributed by atoms with Crippen molar-refractivity contribution >= 4 is 17.4 Å². The first kappa shape index (κ1) is 19.2. The summed E-state index contributed by atoms with van der Waals surface area (Å²) >= 11 is 0. The van der Waals surface area contributed by atoms with Gasteiger partial charge in [-0.1, -0.05) is 12.1 Å². The topological polar surface area (TPSA) is 72.5 Å². The Morgan fingerprint density at radius 3 is 2.21 bits per heavy atom. The van der Waals surface area contributed by atoms with Crippen LogP contribution in [0.5, 0.6) is 11.5 Å². The number of carbonyl (C=O) groups excluding carboxylic acids is 1. The van der Waals surface area contributed by atoms with Crippen LogP contribution < -0.4 is 20.1 Å². The van der Waals surface area contributed by atoms with E-state index in [1.807, 2.05) is 24.3 Å². The van der Waals surface area contributed by atoms with Gasteiger partial charge >= 0.3 is 0 Å². The second kappa shape index (κ2) is 9.41. The van der Waals surface area contributed by atoms with Gasteiger partial charge in [0.15, 0.2) is 0 Å². The summed E-state index contributed by atoms with van der Waals surface area (Å²) in [6.07, 6.45) is 2.46. The molecule has 144 valence electrons. The maximum atomic E-state index is 12.5. The molecule has 0 saturated carbocycles. The van der Waals surface area contributed by atoms with Crippen LogP contribution in [-0.4, -0.2) is 31.7 Å². The number of rotatable bonds is 8. The fraction of sp³-hybridized carbons (Fsp3) is 0.182. The van der Waals surface area contributed by atoms with Crippen molar-refractivity contribution in [2.45, 2.75) is 6.42 Å². The molecule has 0 aliphatic heterocycles. The molecule has 0 spiro atoms. The molecule has 0 fully saturated rings. The van der Waals surface area contributed by atoms with Crippen LogP contribution in [0.15, 0.2) is 66.9 Å². The molecular weight excluding hydrogens is 354 g/mol. The fourth-order valence-corrected chi connectivity index (χ4v) is 2.67. The van der Waals surface area contributed by atoms with Crippen LogP contribution >= 0.6 is 0 Å². The van der Waals surface area contributed by atoms with Crippen LogP contribution in [0.2, 0.25) is 0 Å². The van der Waals surface area contributed by atoms with Gasteiger partial charge < -0.3 is 20.1 Å². The van der Waals surface area contributed by atoms with Gasteiger partial charge in [0.05, 0.1) is 14.2 Å². The predicted octanol–water partition coefficient (Wildman–Crippen LogP) is 4.01. The van der Waals surface area contributed by atoms with E-state index in [0.29, 0.717) is 23.6 Å². The van der Waals surface area contributed by atoms with Crippen molar-refractivity contribution in [2.24, 2.45) is 0 Å². The smallest absolute Gasteiger partial charge is 0.255 e. The molecule has 0 atom stereocenters. The Bertz CT molecular complexity index is 909. The van der Waals surface area contributed by atoms with Crippen molar-refractivity contribution in [1.29, 1.82) is 0 Å². The van der Waals surface area contributed by atoms with Crippen molar-refractivity contribution in [1.82, 2.24) is 4.98 Å². The van der Waals surface area contributed by atoms with E-state index in [1.165, 1.54) is 5.56 Å². The van der Waals surface area contributed by atoms with Crippen LogP contribution in [0.3, 0.4) is 0 Å². The normalized spacial score (nSPS) is 10.2. The number of ether oxygens (including phenoxy) is 2. The Morgan fingerprint density at radius 2 is 1.57 bits per heavy atom. The maximum absolute atomic E-state index is 12.5.